The molecule has 0 aromatic heterocycles. The number of ether oxygens (including phenoxy) is 4. The van der Waals surface area contributed by atoms with Crippen molar-refractivity contribution in [2.45, 2.75) is 19.4 Å². The van der Waals surface area contributed by atoms with Gasteiger partial charge in [-0.25, -0.2) is 0 Å². The number of methoxy groups -OCH3 is 1. The van der Waals surface area contributed by atoms with Gasteiger partial charge in [0.05, 0.1) is 7.11 Å². The Hall–Kier alpha value is -3.96. The van der Waals surface area contributed by atoms with E-state index in [2.05, 4.69) is 36.4 Å². The van der Waals surface area contributed by atoms with Gasteiger partial charge in [-0.2, -0.15) is 0 Å². The van der Waals surface area contributed by atoms with Crippen LogP contribution in [-0.4, -0.2) is 25.6 Å². The summed E-state index contributed by atoms with van der Waals surface area (Å²) >= 11 is 0. The molecule has 1 N–H and O–H groups in total. The normalized spacial score (nSPS) is 12.5. The maximum Gasteiger partial charge on any atom is 0.231 e. The summed E-state index contributed by atoms with van der Waals surface area (Å²) in [4.78, 5) is 0. The van der Waals surface area contributed by atoms with Gasteiger partial charge in [-0.05, 0) is 52.3 Å². The first-order valence-electron chi connectivity index (χ1n) is 11.8. The molecule has 0 bridgehead atoms. The molecular weight excluding hydrogens is 440 g/mol. The Kier molecular flexibility index (Phi) is 5.55. The van der Waals surface area contributed by atoms with Crippen molar-refractivity contribution in [3.05, 3.63) is 83.9 Å². The van der Waals surface area contributed by atoms with Crippen molar-refractivity contribution in [2.75, 3.05) is 20.5 Å². The molecule has 6 rings (SSSR count). The van der Waals surface area contributed by atoms with Crippen LogP contribution in [0.4, 0.5) is 0 Å². The fourth-order valence-electron chi connectivity index (χ4n) is 5.06. The van der Waals surface area contributed by atoms with Crippen LogP contribution in [0.3, 0.4) is 0 Å². The molecule has 0 spiro atoms. The first-order valence-corrected chi connectivity index (χ1v) is 11.8. The molecule has 0 atom stereocenters. The summed E-state index contributed by atoms with van der Waals surface area (Å²) in [6.45, 7) is 0.760. The van der Waals surface area contributed by atoms with E-state index in [0.717, 1.165) is 66.4 Å². The lowest BCUT2D eigenvalue weighted by atomic mass is 9.90. The molecular formula is C30H26O5. The van der Waals surface area contributed by atoms with Crippen molar-refractivity contribution in [3.8, 4) is 23.0 Å². The van der Waals surface area contributed by atoms with Crippen molar-refractivity contribution < 1.29 is 24.1 Å². The highest BCUT2D eigenvalue weighted by molar-refractivity contribution is 6.25. The van der Waals surface area contributed by atoms with Gasteiger partial charge in [-0.15, -0.1) is 0 Å². The van der Waals surface area contributed by atoms with Gasteiger partial charge in [0, 0.05) is 22.8 Å². The van der Waals surface area contributed by atoms with E-state index in [-0.39, 0.29) is 13.4 Å². The van der Waals surface area contributed by atoms with E-state index in [1.807, 2.05) is 36.4 Å². The Morgan fingerprint density at radius 2 is 1.54 bits per heavy atom. The van der Waals surface area contributed by atoms with Gasteiger partial charge in [0.2, 0.25) is 6.79 Å². The van der Waals surface area contributed by atoms with Crippen LogP contribution in [0.2, 0.25) is 0 Å². The molecule has 35 heavy (non-hydrogen) atoms. The van der Waals surface area contributed by atoms with E-state index >= 15 is 0 Å². The zero-order valence-corrected chi connectivity index (χ0v) is 19.5. The Morgan fingerprint density at radius 1 is 0.800 bits per heavy atom. The van der Waals surface area contributed by atoms with Crippen molar-refractivity contribution in [2.24, 2.45) is 0 Å². The van der Waals surface area contributed by atoms with Crippen molar-refractivity contribution in [3.63, 3.8) is 0 Å². The first kappa shape index (κ1) is 21.6. The third kappa shape index (κ3) is 3.69. The summed E-state index contributed by atoms with van der Waals surface area (Å²) in [6.07, 6.45) is 1.36. The van der Waals surface area contributed by atoms with Crippen LogP contribution in [0.15, 0.2) is 72.8 Å². The van der Waals surface area contributed by atoms with Crippen molar-refractivity contribution >= 4 is 32.3 Å². The highest BCUT2D eigenvalue weighted by Crippen LogP contribution is 2.49. The van der Waals surface area contributed by atoms with Crippen molar-refractivity contribution in [1.82, 2.24) is 0 Å². The minimum absolute atomic E-state index is 0.117. The van der Waals surface area contributed by atoms with Gasteiger partial charge >= 0.3 is 0 Å². The number of rotatable bonds is 7. The van der Waals surface area contributed by atoms with Gasteiger partial charge in [0.25, 0.3) is 0 Å². The van der Waals surface area contributed by atoms with Crippen LogP contribution >= 0.6 is 0 Å². The number of aryl methyl sites for hydroxylation is 1. The highest BCUT2D eigenvalue weighted by Gasteiger charge is 2.23. The zero-order chi connectivity index (χ0) is 23.8. The third-order valence-corrected chi connectivity index (χ3v) is 6.62. The first-order chi connectivity index (χ1) is 17.3. The lowest BCUT2D eigenvalue weighted by Crippen LogP contribution is -2.02. The summed E-state index contributed by atoms with van der Waals surface area (Å²) in [6, 6.07) is 24.7. The Morgan fingerprint density at radius 3 is 2.31 bits per heavy atom. The fraction of sp³-hybridized carbons (Fsp3) is 0.200. The highest BCUT2D eigenvalue weighted by atomic mass is 16.7. The van der Waals surface area contributed by atoms with Gasteiger partial charge in [0.1, 0.15) is 6.61 Å². The van der Waals surface area contributed by atoms with E-state index in [4.69, 9.17) is 18.9 Å². The maximum atomic E-state index is 9.64. The molecule has 5 nitrogen and oxygen atoms in total. The molecule has 0 fully saturated rings. The van der Waals surface area contributed by atoms with Gasteiger partial charge in [-0.1, -0.05) is 60.7 Å². The SMILES string of the molecule is COc1c(OCc2ccccc2)c2c(CCCO)cc3cc4c(cc3c2c2ccccc12)OCO4. The second-order valence-electron chi connectivity index (χ2n) is 8.72. The number of hydrogen-bond acceptors (Lipinski definition) is 5. The summed E-state index contributed by atoms with van der Waals surface area (Å²) < 4.78 is 23.9. The van der Waals surface area contributed by atoms with Crippen LogP contribution in [0.25, 0.3) is 32.3 Å². The Labute approximate surface area is 203 Å². The molecule has 1 aliphatic rings. The summed E-state index contributed by atoms with van der Waals surface area (Å²) in [5.41, 5.74) is 2.18. The second kappa shape index (κ2) is 9.01. The molecule has 5 aromatic carbocycles. The average Bonchev–Trinajstić information content (AvgIpc) is 3.36. The van der Waals surface area contributed by atoms with Crippen LogP contribution in [0.1, 0.15) is 17.5 Å². The Bertz CT molecular complexity index is 1540. The zero-order valence-electron chi connectivity index (χ0n) is 19.5. The second-order valence-corrected chi connectivity index (χ2v) is 8.72. The predicted molar refractivity (Wildman–Crippen MR) is 138 cm³/mol. The van der Waals surface area contributed by atoms with Crippen LogP contribution in [0.5, 0.6) is 23.0 Å². The molecule has 5 aromatic rings. The minimum atomic E-state index is 0.117. The van der Waals surface area contributed by atoms with Gasteiger partial charge < -0.3 is 24.1 Å². The number of hydrogen-bond donors (Lipinski definition) is 1. The van der Waals surface area contributed by atoms with E-state index in [0.29, 0.717) is 19.4 Å². The van der Waals surface area contributed by atoms with Gasteiger partial charge in [-0.3, -0.25) is 0 Å². The number of benzene rings is 5. The molecule has 0 unspecified atom stereocenters. The number of fused-ring (bicyclic) bond motifs is 6. The summed E-state index contributed by atoms with van der Waals surface area (Å²) in [7, 11) is 1.69. The molecule has 0 saturated carbocycles. The van der Waals surface area contributed by atoms with Crippen LogP contribution < -0.4 is 18.9 Å². The van der Waals surface area contributed by atoms with Crippen LogP contribution in [-0.2, 0) is 13.0 Å². The van der Waals surface area contributed by atoms with Crippen molar-refractivity contribution in [1.29, 1.82) is 0 Å². The quantitative estimate of drug-likeness (QED) is 0.282. The van der Waals surface area contributed by atoms with Crippen LogP contribution in [0, 0.1) is 0 Å². The molecule has 0 amide bonds. The maximum absolute atomic E-state index is 9.64. The monoisotopic (exact) mass is 466 g/mol. The average molecular weight is 467 g/mol. The molecule has 5 heteroatoms. The molecule has 0 radical (unpaired) electrons. The smallest absolute Gasteiger partial charge is 0.231 e. The van der Waals surface area contributed by atoms with E-state index in [1.54, 1.807) is 7.11 Å². The third-order valence-electron chi connectivity index (χ3n) is 6.62. The topological polar surface area (TPSA) is 57.2 Å². The predicted octanol–water partition coefficient (Wildman–Crippen LogP) is 6.39. The lowest BCUT2D eigenvalue weighted by molar-refractivity contribution is 0.174. The van der Waals surface area contributed by atoms with E-state index in [9.17, 15) is 5.11 Å². The number of aliphatic hydroxyl groups is 1. The minimum Gasteiger partial charge on any atom is -0.492 e. The number of aliphatic hydroxyl groups excluding tert-OH is 1. The van der Waals surface area contributed by atoms with Gasteiger partial charge in [0.15, 0.2) is 23.0 Å². The van der Waals surface area contributed by atoms with E-state index in [1.165, 1.54) is 0 Å². The summed E-state index contributed by atoms with van der Waals surface area (Å²) in [5.74, 6) is 2.93. The Balaban J connectivity index is 1.71. The fourth-order valence-corrected chi connectivity index (χ4v) is 5.06. The summed E-state index contributed by atoms with van der Waals surface area (Å²) in [5, 5.41) is 16.0. The lowest BCUT2D eigenvalue weighted by Gasteiger charge is -2.21. The largest absolute Gasteiger partial charge is 0.492 e. The molecule has 176 valence electrons. The van der Waals surface area contributed by atoms with E-state index < -0.39 is 0 Å². The standard InChI is InChI=1S/C30H26O5/c1-32-29-23-12-6-5-11-22(23)28-24-16-26-25(34-18-35-26)15-21(24)14-20(10-7-13-31)27(28)30(29)33-17-19-8-3-2-4-9-19/h2-6,8-9,11-12,14-16,31H,7,10,13,17-18H2,1H3. The molecule has 0 aliphatic carbocycles. The molecule has 1 heterocycles. The molecule has 0 saturated heterocycles. The molecule has 1 aliphatic heterocycles.